The number of amides is 1. The third-order valence-corrected chi connectivity index (χ3v) is 6.67. The van der Waals surface area contributed by atoms with Gasteiger partial charge in [0.05, 0.1) is 6.20 Å². The minimum absolute atomic E-state index is 0.0876. The number of nitrogens with zero attached hydrogens (tertiary/aromatic N) is 4. The number of fused-ring (bicyclic) bond motifs is 1. The molecule has 1 atom stereocenters. The van der Waals surface area contributed by atoms with Gasteiger partial charge in [-0.3, -0.25) is 0 Å². The summed E-state index contributed by atoms with van der Waals surface area (Å²) in [4.78, 5) is 20.2. The van der Waals surface area contributed by atoms with Gasteiger partial charge in [0.1, 0.15) is 17.1 Å². The Hall–Kier alpha value is -2.13. The maximum atomic E-state index is 11.5. The molecule has 4 rings (SSSR count). The van der Waals surface area contributed by atoms with Crippen LogP contribution in [0.5, 0.6) is 5.88 Å². The number of carbonyl (C=O) groups is 1. The van der Waals surface area contributed by atoms with Crippen molar-refractivity contribution < 1.29 is 19.0 Å². The van der Waals surface area contributed by atoms with E-state index in [1.54, 1.807) is 10.9 Å². The van der Waals surface area contributed by atoms with Gasteiger partial charge in [-0.1, -0.05) is 20.8 Å². The van der Waals surface area contributed by atoms with E-state index in [9.17, 15) is 4.79 Å². The van der Waals surface area contributed by atoms with Gasteiger partial charge in [0, 0.05) is 12.0 Å². The quantitative estimate of drug-likeness (QED) is 0.685. The molecule has 1 aliphatic carbocycles. The highest BCUT2D eigenvalue weighted by Crippen LogP contribution is 2.45. The molecule has 3 heterocycles. The minimum atomic E-state index is -0.740. The first-order valence-electron chi connectivity index (χ1n) is 10.9. The maximum Gasteiger partial charge on any atom is 0.405 e. The molecular weight excluding hydrogens is 422 g/mol. The summed E-state index contributed by atoms with van der Waals surface area (Å²) >= 11 is 6.22. The molecule has 2 aromatic rings. The number of rotatable bonds is 4. The van der Waals surface area contributed by atoms with Crippen molar-refractivity contribution in [3.05, 3.63) is 11.5 Å². The number of hydrogen-bond donors (Lipinski definition) is 1. The fourth-order valence-electron chi connectivity index (χ4n) is 4.62. The van der Waals surface area contributed by atoms with Crippen molar-refractivity contribution in [2.75, 3.05) is 6.61 Å². The highest BCUT2D eigenvalue weighted by atomic mass is 35.5. The van der Waals surface area contributed by atoms with Crippen molar-refractivity contribution >= 4 is 28.7 Å². The normalized spacial score (nSPS) is 27.2. The summed E-state index contributed by atoms with van der Waals surface area (Å²) in [5, 5.41) is 5.30. The van der Waals surface area contributed by atoms with Crippen LogP contribution in [0.4, 0.5) is 4.79 Å². The highest BCUT2D eigenvalue weighted by molar-refractivity contribution is 6.28. The van der Waals surface area contributed by atoms with Crippen LogP contribution in [0.3, 0.4) is 0 Å². The number of primary amides is 1. The Balaban J connectivity index is 1.53. The summed E-state index contributed by atoms with van der Waals surface area (Å²) in [6.07, 6.45) is 6.45. The predicted molar refractivity (Wildman–Crippen MR) is 115 cm³/mol. The summed E-state index contributed by atoms with van der Waals surface area (Å²) in [5.74, 6) is 0.418. The summed E-state index contributed by atoms with van der Waals surface area (Å²) in [5.41, 5.74) is 5.13. The standard InChI is InChI=1S/C21H30ClN5O4/c1-20(2,3)21(31-19(23)28)9-7-13(8-10-21)30-17-14-12-24-27(15-6-4-5-11-29-15)16(14)25-18(22)26-17/h12-13,15H,4-11H2,1-3H3,(H2,23,28). The average molecular weight is 452 g/mol. The zero-order valence-electron chi connectivity index (χ0n) is 18.3. The number of nitrogens with two attached hydrogens (primary N) is 1. The van der Waals surface area contributed by atoms with Gasteiger partial charge in [-0.05, 0) is 56.5 Å². The lowest BCUT2D eigenvalue weighted by molar-refractivity contribution is -0.104. The molecule has 0 spiro atoms. The molecule has 1 amide bonds. The maximum absolute atomic E-state index is 11.5. The van der Waals surface area contributed by atoms with Crippen molar-refractivity contribution in [2.24, 2.45) is 11.1 Å². The first-order valence-corrected chi connectivity index (χ1v) is 11.2. The zero-order valence-corrected chi connectivity index (χ0v) is 19.0. The van der Waals surface area contributed by atoms with Gasteiger partial charge in [0.15, 0.2) is 11.9 Å². The summed E-state index contributed by atoms with van der Waals surface area (Å²) in [6, 6.07) is 0. The molecule has 0 radical (unpaired) electrons. The van der Waals surface area contributed by atoms with Gasteiger partial charge >= 0.3 is 6.09 Å². The lowest BCUT2D eigenvalue weighted by atomic mass is 9.67. The van der Waals surface area contributed by atoms with E-state index < -0.39 is 11.7 Å². The molecule has 2 aromatic heterocycles. The molecule has 2 fully saturated rings. The second-order valence-corrected chi connectivity index (χ2v) is 9.77. The number of hydrogen-bond acceptors (Lipinski definition) is 7. The molecule has 1 saturated heterocycles. The Bertz CT molecular complexity index is 943. The van der Waals surface area contributed by atoms with E-state index in [0.717, 1.165) is 19.3 Å². The second-order valence-electron chi connectivity index (χ2n) is 9.43. The molecule has 1 saturated carbocycles. The van der Waals surface area contributed by atoms with Crippen LogP contribution < -0.4 is 10.5 Å². The first kappa shape index (κ1) is 22.1. The Morgan fingerprint density at radius 3 is 2.61 bits per heavy atom. The van der Waals surface area contributed by atoms with Crippen LogP contribution in [0.1, 0.15) is 71.9 Å². The molecule has 10 heteroatoms. The third-order valence-electron chi connectivity index (χ3n) is 6.50. The predicted octanol–water partition coefficient (Wildman–Crippen LogP) is 4.38. The SMILES string of the molecule is CC(C)(C)C1(OC(N)=O)CCC(Oc2nc(Cl)nc3c2cnn3C2CCCCO2)CC1. The molecule has 31 heavy (non-hydrogen) atoms. The summed E-state index contributed by atoms with van der Waals surface area (Å²) < 4.78 is 19.5. The van der Waals surface area contributed by atoms with E-state index in [4.69, 9.17) is 31.5 Å². The zero-order chi connectivity index (χ0) is 22.2. The van der Waals surface area contributed by atoms with Gasteiger partial charge in [-0.2, -0.15) is 15.1 Å². The lowest BCUT2D eigenvalue weighted by Gasteiger charge is -2.47. The van der Waals surface area contributed by atoms with Crippen LogP contribution in [0.2, 0.25) is 5.28 Å². The molecular formula is C21H30ClN5O4. The van der Waals surface area contributed by atoms with Crippen LogP contribution in [0, 0.1) is 5.41 Å². The Morgan fingerprint density at radius 2 is 2.00 bits per heavy atom. The Labute approximate surface area is 186 Å². The monoisotopic (exact) mass is 451 g/mol. The molecule has 2 aliphatic rings. The second kappa shape index (κ2) is 8.43. The molecule has 2 N–H and O–H groups in total. The van der Waals surface area contributed by atoms with E-state index >= 15 is 0 Å². The van der Waals surface area contributed by atoms with E-state index in [1.165, 1.54) is 0 Å². The molecule has 170 valence electrons. The van der Waals surface area contributed by atoms with E-state index in [-0.39, 0.29) is 23.0 Å². The van der Waals surface area contributed by atoms with Crippen LogP contribution >= 0.6 is 11.6 Å². The van der Waals surface area contributed by atoms with Crippen molar-refractivity contribution in [1.29, 1.82) is 0 Å². The van der Waals surface area contributed by atoms with Crippen LogP contribution in [-0.2, 0) is 9.47 Å². The van der Waals surface area contributed by atoms with Crippen molar-refractivity contribution in [3.8, 4) is 5.88 Å². The average Bonchev–Trinajstić information content (AvgIpc) is 3.13. The largest absolute Gasteiger partial charge is 0.474 e. The van der Waals surface area contributed by atoms with Crippen molar-refractivity contribution in [2.45, 2.75) is 83.6 Å². The van der Waals surface area contributed by atoms with Crippen LogP contribution in [0.25, 0.3) is 11.0 Å². The number of ether oxygens (including phenoxy) is 3. The number of halogens is 1. The van der Waals surface area contributed by atoms with E-state index in [0.29, 0.717) is 49.2 Å². The first-order chi connectivity index (χ1) is 14.7. The highest BCUT2D eigenvalue weighted by Gasteiger charge is 2.48. The third kappa shape index (κ3) is 4.43. The summed E-state index contributed by atoms with van der Waals surface area (Å²) in [7, 11) is 0. The fourth-order valence-corrected chi connectivity index (χ4v) is 4.78. The smallest absolute Gasteiger partial charge is 0.405 e. The van der Waals surface area contributed by atoms with E-state index in [1.807, 2.05) is 0 Å². The molecule has 1 unspecified atom stereocenters. The van der Waals surface area contributed by atoms with Gasteiger partial charge in [-0.25, -0.2) is 9.48 Å². The molecule has 9 nitrogen and oxygen atoms in total. The van der Waals surface area contributed by atoms with Gasteiger partial charge in [0.2, 0.25) is 11.2 Å². The van der Waals surface area contributed by atoms with E-state index in [2.05, 4.69) is 35.8 Å². The van der Waals surface area contributed by atoms with Gasteiger partial charge < -0.3 is 19.9 Å². The lowest BCUT2D eigenvalue weighted by Crippen LogP contribution is -2.51. The molecule has 0 bridgehead atoms. The van der Waals surface area contributed by atoms with Crippen LogP contribution in [-0.4, -0.2) is 44.2 Å². The number of aromatic nitrogens is 4. The van der Waals surface area contributed by atoms with Gasteiger partial charge in [-0.15, -0.1) is 0 Å². The summed E-state index contributed by atoms with van der Waals surface area (Å²) in [6.45, 7) is 6.89. The number of carbonyl (C=O) groups excluding carboxylic acids is 1. The topological polar surface area (TPSA) is 114 Å². The van der Waals surface area contributed by atoms with Crippen molar-refractivity contribution in [3.63, 3.8) is 0 Å². The fraction of sp³-hybridized carbons (Fsp3) is 0.714. The molecule has 0 aromatic carbocycles. The van der Waals surface area contributed by atoms with Crippen molar-refractivity contribution in [1.82, 2.24) is 19.7 Å². The van der Waals surface area contributed by atoms with Gasteiger partial charge in [0.25, 0.3) is 0 Å². The minimum Gasteiger partial charge on any atom is -0.474 e. The Morgan fingerprint density at radius 1 is 1.26 bits per heavy atom. The molecule has 1 aliphatic heterocycles. The van der Waals surface area contributed by atoms with Crippen LogP contribution in [0.15, 0.2) is 6.20 Å². The Kier molecular flexibility index (Phi) is 6.00.